The lowest BCUT2D eigenvalue weighted by molar-refractivity contribution is 0.130. The molecule has 4 fully saturated rings. The number of fused-ring (bicyclic) bond motifs is 6. The van der Waals surface area contributed by atoms with Crippen LogP contribution in [0.5, 0.6) is 0 Å². The lowest BCUT2D eigenvalue weighted by Crippen LogP contribution is -2.69. The van der Waals surface area contributed by atoms with Gasteiger partial charge in [-0.2, -0.15) is 17.3 Å². The highest BCUT2D eigenvalue weighted by molar-refractivity contribution is 6.88. The fourth-order valence-corrected chi connectivity index (χ4v) is 21.2. The molecule has 4 aliphatic heterocycles. The summed E-state index contributed by atoms with van der Waals surface area (Å²) in [5, 5.41) is -0.479. The fraction of sp³-hybridized carbons (Fsp3) is 1.00. The van der Waals surface area contributed by atoms with Crippen molar-refractivity contribution < 1.29 is 51.7 Å². The molecule has 4 rings (SSSR count). The molecule has 0 saturated carbocycles. The second-order valence-corrected chi connectivity index (χ2v) is 19.0. The second-order valence-electron chi connectivity index (χ2n) is 3.99. The van der Waals surface area contributed by atoms with Crippen molar-refractivity contribution in [2.45, 2.75) is 5.35 Å². The maximum absolute atomic E-state index is 10.9. The zero-order chi connectivity index (χ0) is 16.4. The summed E-state index contributed by atoms with van der Waals surface area (Å²) in [6.45, 7) is 0. The first-order valence-electron chi connectivity index (χ1n) is 5.84. The Morgan fingerprint density at radius 1 is 1.35 bits per heavy atom. The number of nitrogens with zero attached hydrogens (tertiary/aromatic N) is 1. The van der Waals surface area contributed by atoms with Crippen LogP contribution in [0.25, 0.3) is 0 Å². The molecule has 3 N–H and O–H groups in total. The molecule has 5 atom stereocenters. The van der Waals surface area contributed by atoms with Crippen LogP contribution < -0.4 is 0 Å². The Morgan fingerprint density at radius 3 is 2.91 bits per heavy atom. The van der Waals surface area contributed by atoms with E-state index in [4.69, 9.17) is 42.1 Å². The van der Waals surface area contributed by atoms with Crippen molar-refractivity contribution in [2.24, 2.45) is 4.84 Å². The minimum atomic E-state index is -4.59. The Balaban J connectivity index is 1.79. The van der Waals surface area contributed by atoms with Crippen LogP contribution in [0.4, 0.5) is 0 Å². The van der Waals surface area contributed by atoms with E-state index in [0.29, 0.717) is 0 Å². The Bertz CT molecular complexity index is 429. The van der Waals surface area contributed by atoms with Crippen molar-refractivity contribution in [1.29, 1.82) is 0 Å². The Labute approximate surface area is 143 Å². The van der Waals surface area contributed by atoms with E-state index in [9.17, 15) is 14.5 Å². The van der Waals surface area contributed by atoms with Crippen LogP contribution >= 0.6 is 0 Å². The quantitative estimate of drug-likeness (QED) is 0.264. The molecule has 4 heterocycles. The summed E-state index contributed by atoms with van der Waals surface area (Å²) in [6.07, 6.45) is 0. The van der Waals surface area contributed by atoms with Crippen molar-refractivity contribution in [3.8, 4) is 0 Å². The molecule has 22 heteroatoms. The number of hydrogen-bond donors (Lipinski definition) is 3. The molecule has 0 aromatic carbocycles. The molecule has 5 unspecified atom stereocenters. The Kier molecular flexibility index (Phi) is 6.51. The van der Waals surface area contributed by atoms with Crippen molar-refractivity contribution in [2.75, 3.05) is 0 Å². The molecule has 4 aliphatic rings. The first-order valence-corrected chi connectivity index (χ1v) is 16.7. The molecule has 0 aromatic rings. The van der Waals surface area contributed by atoms with Gasteiger partial charge < -0.3 is 17.5 Å². The maximum atomic E-state index is 10.9. The van der Waals surface area contributed by atoms with Gasteiger partial charge in [0.15, 0.2) is 0 Å². The zero-order valence-electron chi connectivity index (χ0n) is 10.9. The van der Waals surface area contributed by atoms with Crippen LogP contribution in [-0.4, -0.2) is 95.9 Å². The van der Waals surface area contributed by atoms with Gasteiger partial charge in [-0.25, -0.2) is 13.0 Å². The van der Waals surface area contributed by atoms with E-state index in [2.05, 4.69) is 4.84 Å². The minimum absolute atomic E-state index is 0.479. The van der Waals surface area contributed by atoms with E-state index in [1.807, 2.05) is 0 Å². The lowest BCUT2D eigenvalue weighted by Gasteiger charge is -2.37. The summed E-state index contributed by atoms with van der Waals surface area (Å²) in [5.74, 6) is 0. The molecule has 4 saturated heterocycles. The molecule has 4 bridgehead atoms. The van der Waals surface area contributed by atoms with Gasteiger partial charge in [-0.15, -0.1) is 0 Å². The highest BCUT2D eigenvalue weighted by Crippen LogP contribution is 2.26. The normalized spacial score (nSPS) is 42.2. The first-order chi connectivity index (χ1) is 11.0. The van der Waals surface area contributed by atoms with Crippen LogP contribution in [0, 0.1) is 4.91 Å². The summed E-state index contributed by atoms with van der Waals surface area (Å²) in [6, 6.07) is 0. The third kappa shape index (κ3) is 4.53. The van der Waals surface area contributed by atoms with Gasteiger partial charge in [0.2, 0.25) is 0 Å². The molecule has 14 nitrogen and oxygen atoms in total. The first kappa shape index (κ1) is 18.6. The standard InChI is InChI=1S/CH9NO13Si8/c3-2-23(6)14-19-1-7-17-9-22(11-18(1)10-19)13-21(8-16-4)12-20(5)15-23/h1,4-6,18-19,21H,17H2/q+4. The van der Waals surface area contributed by atoms with Crippen LogP contribution in [0.15, 0.2) is 4.84 Å². The lowest BCUT2D eigenvalue weighted by atomic mass is 11.7. The summed E-state index contributed by atoms with van der Waals surface area (Å²) < 4.78 is 47.1. The van der Waals surface area contributed by atoms with Gasteiger partial charge in [-0.05, 0) is 13.8 Å². The predicted octanol–water partition coefficient (Wildman–Crippen LogP) is -6.54. The molecule has 0 radical (unpaired) electrons. The molecule has 0 amide bonds. The average Bonchev–Trinajstić information content (AvgIpc) is 2.63. The summed E-state index contributed by atoms with van der Waals surface area (Å²) in [4.78, 5) is 41.9. The summed E-state index contributed by atoms with van der Waals surface area (Å²) in [7, 11) is -20.5. The van der Waals surface area contributed by atoms with Crippen molar-refractivity contribution in [3.05, 3.63) is 4.91 Å². The average molecular weight is 468 g/mol. The van der Waals surface area contributed by atoms with Gasteiger partial charge in [-0.3, -0.25) is 0 Å². The Hall–Kier alpha value is 0.855. The molecule has 23 heavy (non-hydrogen) atoms. The number of hydrogen-bond acceptors (Lipinski definition) is 14. The van der Waals surface area contributed by atoms with Gasteiger partial charge in [0, 0.05) is 0 Å². The monoisotopic (exact) mass is 467 g/mol. The summed E-state index contributed by atoms with van der Waals surface area (Å²) in [5.41, 5.74) is 0. The van der Waals surface area contributed by atoms with Crippen LogP contribution in [0.2, 0.25) is 0 Å². The van der Waals surface area contributed by atoms with Gasteiger partial charge >= 0.3 is 76.1 Å². The van der Waals surface area contributed by atoms with Crippen LogP contribution in [0.3, 0.4) is 0 Å². The van der Waals surface area contributed by atoms with Crippen LogP contribution in [0.1, 0.15) is 0 Å². The molecule has 0 aliphatic carbocycles. The van der Waals surface area contributed by atoms with Crippen LogP contribution in [-0.2, 0) is 37.3 Å². The summed E-state index contributed by atoms with van der Waals surface area (Å²) >= 11 is 0. The third-order valence-electron chi connectivity index (χ3n) is 2.60. The van der Waals surface area contributed by atoms with E-state index in [1.54, 1.807) is 0 Å². The number of rotatable bonds is 3. The SMILES string of the molecule is O=N[Si]1(O)O[Si+](O)O[SiH](O[Si+2]O)O[Si+]2O[SiH2]OC3[SiH](O2)O[SiH]3O1. The molecular formula is CH9NO13Si8+4. The van der Waals surface area contributed by atoms with Gasteiger partial charge in [0.25, 0.3) is 0 Å². The van der Waals surface area contributed by atoms with Crippen molar-refractivity contribution in [3.63, 3.8) is 0 Å². The van der Waals surface area contributed by atoms with Gasteiger partial charge in [0.05, 0.1) is 0 Å². The highest BCUT2D eigenvalue weighted by Gasteiger charge is 2.69. The smallest absolute Gasteiger partial charge is 0.415 e. The Morgan fingerprint density at radius 2 is 2.17 bits per heavy atom. The molecule has 124 valence electrons. The van der Waals surface area contributed by atoms with Crippen molar-refractivity contribution >= 4 is 76.1 Å². The van der Waals surface area contributed by atoms with E-state index in [-0.39, 0.29) is 0 Å². The largest absolute Gasteiger partial charge is 1.45 e. The predicted molar refractivity (Wildman–Crippen MR) is 79.0 cm³/mol. The third-order valence-corrected chi connectivity index (χ3v) is 20.9. The van der Waals surface area contributed by atoms with E-state index in [0.717, 1.165) is 0 Å². The minimum Gasteiger partial charge on any atom is -0.415 e. The van der Waals surface area contributed by atoms with E-state index >= 15 is 0 Å². The maximum Gasteiger partial charge on any atom is 1.45 e. The van der Waals surface area contributed by atoms with Gasteiger partial charge in [0.1, 0.15) is 5.35 Å². The molecule has 0 spiro atoms. The van der Waals surface area contributed by atoms with E-state index < -0.39 is 81.5 Å². The molecular weight excluding hydrogens is 459 g/mol. The topological polar surface area (TPSA) is 173 Å². The van der Waals surface area contributed by atoms with E-state index in [1.165, 1.54) is 0 Å². The number of nitroso groups, excluding NO2 is 1. The second kappa shape index (κ2) is 8.04. The van der Waals surface area contributed by atoms with Crippen molar-refractivity contribution in [1.82, 2.24) is 0 Å². The zero-order valence-corrected chi connectivity index (χ0v) is 19.8. The molecule has 0 aromatic heterocycles. The highest BCUT2D eigenvalue weighted by atomic mass is 28.5. The fourth-order valence-electron chi connectivity index (χ4n) is 1.65. The van der Waals surface area contributed by atoms with Gasteiger partial charge in [-0.1, -0.05) is 0 Å².